The number of allylic oxidation sites excluding steroid dienone is 2. The zero-order valence-electron chi connectivity index (χ0n) is 5.58. The van der Waals surface area contributed by atoms with Crippen molar-refractivity contribution < 1.29 is 4.84 Å². The van der Waals surface area contributed by atoms with Crippen LogP contribution in [0.1, 0.15) is 13.3 Å². The first kappa shape index (κ1) is 6.36. The van der Waals surface area contributed by atoms with Crippen molar-refractivity contribution >= 4 is 0 Å². The van der Waals surface area contributed by atoms with Crippen LogP contribution in [0.25, 0.3) is 0 Å². The molecule has 0 amide bonds. The summed E-state index contributed by atoms with van der Waals surface area (Å²) in [5.41, 5.74) is 0. The van der Waals surface area contributed by atoms with Gasteiger partial charge in [0.15, 0.2) is 0 Å². The third-order valence-corrected chi connectivity index (χ3v) is 1.06. The van der Waals surface area contributed by atoms with Gasteiger partial charge in [0, 0.05) is 12.4 Å². The monoisotopic (exact) mass is 125 g/mol. The van der Waals surface area contributed by atoms with Crippen LogP contribution in [0, 0.1) is 0 Å². The predicted octanol–water partition coefficient (Wildman–Crippen LogP) is 1.67. The quantitative estimate of drug-likeness (QED) is 0.556. The lowest BCUT2D eigenvalue weighted by molar-refractivity contribution is -0.0759. The van der Waals surface area contributed by atoms with Crippen molar-refractivity contribution in [3.8, 4) is 0 Å². The Kier molecular flexibility index (Phi) is 2.33. The van der Waals surface area contributed by atoms with E-state index in [1.165, 1.54) is 0 Å². The molecule has 9 heavy (non-hydrogen) atoms. The molecule has 0 N–H and O–H groups in total. The molecule has 1 aliphatic rings. The summed E-state index contributed by atoms with van der Waals surface area (Å²) >= 11 is 0. The van der Waals surface area contributed by atoms with Crippen LogP contribution in [-0.2, 0) is 4.84 Å². The van der Waals surface area contributed by atoms with Gasteiger partial charge >= 0.3 is 0 Å². The Bertz CT molecular complexity index is 117. The van der Waals surface area contributed by atoms with Crippen LogP contribution in [0.5, 0.6) is 0 Å². The van der Waals surface area contributed by atoms with Gasteiger partial charge < -0.3 is 0 Å². The molecule has 0 fully saturated rings. The molecule has 0 radical (unpaired) electrons. The average Bonchev–Trinajstić information content (AvgIpc) is 1.91. The van der Waals surface area contributed by atoms with Gasteiger partial charge in [-0.2, -0.15) is 0 Å². The Morgan fingerprint density at radius 2 is 2.11 bits per heavy atom. The van der Waals surface area contributed by atoms with Gasteiger partial charge in [-0.3, -0.25) is 4.84 Å². The highest BCUT2D eigenvalue weighted by Gasteiger charge is 1.93. The van der Waals surface area contributed by atoms with Gasteiger partial charge in [0.25, 0.3) is 0 Å². The lowest BCUT2D eigenvalue weighted by Gasteiger charge is -2.15. The maximum atomic E-state index is 5.14. The second-order valence-electron chi connectivity index (χ2n) is 1.78. The zero-order valence-corrected chi connectivity index (χ0v) is 5.58. The lowest BCUT2D eigenvalue weighted by Crippen LogP contribution is -2.11. The topological polar surface area (TPSA) is 12.5 Å². The second kappa shape index (κ2) is 3.30. The van der Waals surface area contributed by atoms with Crippen molar-refractivity contribution in [1.29, 1.82) is 0 Å². The summed E-state index contributed by atoms with van der Waals surface area (Å²) in [6.45, 7) is 2.69. The van der Waals surface area contributed by atoms with E-state index in [0.717, 1.165) is 6.42 Å². The zero-order chi connectivity index (χ0) is 6.53. The minimum absolute atomic E-state index is 0.717. The van der Waals surface area contributed by atoms with E-state index in [4.69, 9.17) is 4.84 Å². The van der Waals surface area contributed by atoms with Gasteiger partial charge in [-0.25, -0.2) is 5.06 Å². The Labute approximate surface area is 55.4 Å². The molecular formula is C7H11NO. The number of nitrogens with zero attached hydrogens (tertiary/aromatic N) is 1. The molecule has 0 saturated carbocycles. The summed E-state index contributed by atoms with van der Waals surface area (Å²) < 4.78 is 0. The van der Waals surface area contributed by atoms with Crippen molar-refractivity contribution in [2.75, 3.05) is 6.61 Å². The van der Waals surface area contributed by atoms with Crippen LogP contribution in [-0.4, -0.2) is 11.7 Å². The molecule has 1 rings (SSSR count). The molecule has 0 aromatic rings. The summed E-state index contributed by atoms with van der Waals surface area (Å²) in [6.07, 6.45) is 8.96. The molecule has 0 aliphatic carbocycles. The fourth-order valence-electron chi connectivity index (χ4n) is 0.693. The van der Waals surface area contributed by atoms with Gasteiger partial charge in [-0.05, 0) is 13.3 Å². The van der Waals surface area contributed by atoms with E-state index in [-0.39, 0.29) is 0 Å². The molecule has 2 nitrogen and oxygen atoms in total. The van der Waals surface area contributed by atoms with Crippen molar-refractivity contribution in [2.24, 2.45) is 0 Å². The van der Waals surface area contributed by atoms with E-state index in [1.807, 2.05) is 19.3 Å². The second-order valence-corrected chi connectivity index (χ2v) is 1.78. The molecule has 0 bridgehead atoms. The minimum Gasteiger partial charge on any atom is -0.270 e. The van der Waals surface area contributed by atoms with Gasteiger partial charge in [-0.1, -0.05) is 12.2 Å². The molecule has 1 aliphatic heterocycles. The smallest absolute Gasteiger partial charge is 0.0724 e. The highest BCUT2D eigenvalue weighted by atomic mass is 16.7. The fourth-order valence-corrected chi connectivity index (χ4v) is 0.693. The molecule has 0 spiro atoms. The minimum atomic E-state index is 0.717. The normalized spacial score (nSPS) is 16.8. The Balaban J connectivity index is 2.31. The summed E-state index contributed by atoms with van der Waals surface area (Å²) in [6, 6.07) is 0. The van der Waals surface area contributed by atoms with Crippen molar-refractivity contribution in [1.82, 2.24) is 5.06 Å². The first-order chi connectivity index (χ1) is 4.43. The van der Waals surface area contributed by atoms with Crippen LogP contribution < -0.4 is 0 Å². The van der Waals surface area contributed by atoms with Crippen LogP contribution in [0.2, 0.25) is 0 Å². The number of hydroxylamine groups is 2. The number of hydrogen-bond acceptors (Lipinski definition) is 2. The molecular weight excluding hydrogens is 114 g/mol. The van der Waals surface area contributed by atoms with Crippen LogP contribution in [0.15, 0.2) is 24.6 Å². The molecule has 0 saturated heterocycles. The van der Waals surface area contributed by atoms with E-state index in [2.05, 4.69) is 12.2 Å². The molecule has 2 heteroatoms. The molecule has 0 aromatic carbocycles. The fraction of sp³-hybridized carbons (Fsp3) is 0.429. The Morgan fingerprint density at radius 1 is 1.44 bits per heavy atom. The third-order valence-electron chi connectivity index (χ3n) is 1.06. The third kappa shape index (κ3) is 1.90. The summed E-state index contributed by atoms with van der Waals surface area (Å²) in [7, 11) is 0. The van der Waals surface area contributed by atoms with Gasteiger partial charge in [0.2, 0.25) is 0 Å². The maximum Gasteiger partial charge on any atom is 0.0724 e. The largest absolute Gasteiger partial charge is 0.270 e. The van der Waals surface area contributed by atoms with Crippen molar-refractivity contribution in [2.45, 2.75) is 13.3 Å². The van der Waals surface area contributed by atoms with E-state index in [0.29, 0.717) is 6.61 Å². The summed E-state index contributed by atoms with van der Waals surface area (Å²) in [5, 5.41) is 1.71. The Morgan fingerprint density at radius 3 is 2.67 bits per heavy atom. The summed E-state index contributed by atoms with van der Waals surface area (Å²) in [5.74, 6) is 0. The number of hydrogen-bond donors (Lipinski definition) is 0. The molecule has 0 unspecified atom stereocenters. The van der Waals surface area contributed by atoms with E-state index >= 15 is 0 Å². The summed E-state index contributed by atoms with van der Waals surface area (Å²) in [4.78, 5) is 5.14. The van der Waals surface area contributed by atoms with Crippen LogP contribution in [0.4, 0.5) is 0 Å². The molecule has 50 valence electrons. The van der Waals surface area contributed by atoms with Crippen molar-refractivity contribution in [3.05, 3.63) is 24.6 Å². The predicted molar refractivity (Wildman–Crippen MR) is 36.4 cm³/mol. The molecule has 0 aromatic heterocycles. The Hall–Kier alpha value is -0.760. The SMILES string of the molecule is CCON1C=CCC=C1. The highest BCUT2D eigenvalue weighted by Crippen LogP contribution is 2.01. The maximum absolute atomic E-state index is 5.14. The molecule has 0 atom stereocenters. The lowest BCUT2D eigenvalue weighted by atomic mass is 10.3. The highest BCUT2D eigenvalue weighted by molar-refractivity contribution is 4.98. The first-order valence-corrected chi connectivity index (χ1v) is 3.18. The van der Waals surface area contributed by atoms with E-state index < -0.39 is 0 Å². The van der Waals surface area contributed by atoms with Gasteiger partial charge in [0.1, 0.15) is 0 Å². The first-order valence-electron chi connectivity index (χ1n) is 3.18. The van der Waals surface area contributed by atoms with Gasteiger partial charge in [0.05, 0.1) is 6.61 Å². The van der Waals surface area contributed by atoms with Crippen LogP contribution >= 0.6 is 0 Å². The number of rotatable bonds is 2. The average molecular weight is 125 g/mol. The van der Waals surface area contributed by atoms with Crippen molar-refractivity contribution in [3.63, 3.8) is 0 Å². The van der Waals surface area contributed by atoms with E-state index in [9.17, 15) is 0 Å². The van der Waals surface area contributed by atoms with E-state index in [1.54, 1.807) is 5.06 Å². The molecule has 1 heterocycles. The van der Waals surface area contributed by atoms with Crippen LogP contribution in [0.3, 0.4) is 0 Å². The standard InChI is InChI=1S/C7H11NO/c1-2-9-8-6-4-3-5-7-8/h4-7H,2-3H2,1H3. The van der Waals surface area contributed by atoms with Gasteiger partial charge in [-0.15, -0.1) is 0 Å².